The van der Waals surface area contributed by atoms with Gasteiger partial charge in [-0.05, 0) is 18.2 Å². The third kappa shape index (κ3) is 4.60. The Labute approximate surface area is 125 Å². The van der Waals surface area contributed by atoms with Crippen molar-refractivity contribution in [3.8, 4) is 5.75 Å². The van der Waals surface area contributed by atoms with E-state index < -0.39 is 12.1 Å². The van der Waals surface area contributed by atoms with Crippen LogP contribution in [0.25, 0.3) is 0 Å². The quantitative estimate of drug-likeness (QED) is 0.910. The van der Waals surface area contributed by atoms with Crippen molar-refractivity contribution in [2.24, 2.45) is 0 Å². The van der Waals surface area contributed by atoms with E-state index in [9.17, 15) is 18.0 Å². The minimum Gasteiger partial charge on any atom is -0.406 e. The molecule has 1 aliphatic heterocycles. The van der Waals surface area contributed by atoms with Crippen LogP contribution in [0.5, 0.6) is 5.75 Å². The van der Waals surface area contributed by atoms with Crippen molar-refractivity contribution in [3.63, 3.8) is 0 Å². The number of ether oxygens (including phenoxy) is 1. The van der Waals surface area contributed by atoms with E-state index in [0.29, 0.717) is 32.7 Å². The molecule has 0 bridgehead atoms. The molecule has 2 rings (SSSR count). The first-order valence-corrected chi connectivity index (χ1v) is 6.87. The molecule has 122 valence electrons. The molecule has 0 radical (unpaired) electrons. The molecule has 5 nitrogen and oxygen atoms in total. The Balaban J connectivity index is 2.00. The van der Waals surface area contributed by atoms with Gasteiger partial charge in [0.1, 0.15) is 5.75 Å². The number of hydrogen-bond acceptors (Lipinski definition) is 4. The standard InChI is InChI=1S/C14H17F3N2O3/c15-14(16,17)22-12-3-1-2-11(10-12)13(21)19-6-4-18(5-7-19)8-9-20/h1-3,10,20H,4-9H2. The van der Waals surface area contributed by atoms with Crippen molar-refractivity contribution >= 4 is 5.91 Å². The lowest BCUT2D eigenvalue weighted by Gasteiger charge is -2.34. The van der Waals surface area contributed by atoms with E-state index in [-0.39, 0.29) is 18.1 Å². The first kappa shape index (κ1) is 16.6. The van der Waals surface area contributed by atoms with E-state index >= 15 is 0 Å². The highest BCUT2D eigenvalue weighted by Gasteiger charge is 2.31. The zero-order chi connectivity index (χ0) is 16.2. The van der Waals surface area contributed by atoms with Crippen molar-refractivity contribution in [1.82, 2.24) is 9.80 Å². The highest BCUT2D eigenvalue weighted by atomic mass is 19.4. The Bertz CT molecular complexity index is 514. The fourth-order valence-electron chi connectivity index (χ4n) is 2.32. The Morgan fingerprint density at radius 1 is 1.23 bits per heavy atom. The molecule has 1 amide bonds. The van der Waals surface area contributed by atoms with Gasteiger partial charge < -0.3 is 14.7 Å². The number of piperazine rings is 1. The Kier molecular flexibility index (Phi) is 5.25. The zero-order valence-corrected chi connectivity index (χ0v) is 11.8. The smallest absolute Gasteiger partial charge is 0.406 e. The summed E-state index contributed by atoms with van der Waals surface area (Å²) in [6, 6.07) is 5.07. The van der Waals surface area contributed by atoms with Crippen LogP contribution in [-0.2, 0) is 0 Å². The molecule has 8 heteroatoms. The van der Waals surface area contributed by atoms with Crippen LogP contribution in [0.3, 0.4) is 0 Å². The number of rotatable bonds is 4. The maximum atomic E-state index is 12.3. The highest BCUT2D eigenvalue weighted by Crippen LogP contribution is 2.24. The molecule has 0 aromatic heterocycles. The number of carbonyl (C=O) groups excluding carboxylic acids is 1. The number of nitrogens with zero attached hydrogens (tertiary/aromatic N) is 2. The average molecular weight is 318 g/mol. The lowest BCUT2D eigenvalue weighted by molar-refractivity contribution is -0.274. The lowest BCUT2D eigenvalue weighted by atomic mass is 10.1. The van der Waals surface area contributed by atoms with E-state index in [1.807, 2.05) is 4.90 Å². The summed E-state index contributed by atoms with van der Waals surface area (Å²) < 4.78 is 40.4. The monoisotopic (exact) mass is 318 g/mol. The van der Waals surface area contributed by atoms with Gasteiger partial charge >= 0.3 is 6.36 Å². The van der Waals surface area contributed by atoms with Gasteiger partial charge in [0, 0.05) is 38.3 Å². The molecular formula is C14H17F3N2O3. The molecule has 1 aromatic carbocycles. The van der Waals surface area contributed by atoms with Crippen molar-refractivity contribution in [1.29, 1.82) is 0 Å². The van der Waals surface area contributed by atoms with E-state index in [1.165, 1.54) is 12.1 Å². The number of aliphatic hydroxyl groups is 1. The van der Waals surface area contributed by atoms with Crippen molar-refractivity contribution < 1.29 is 27.8 Å². The van der Waals surface area contributed by atoms with E-state index in [4.69, 9.17) is 5.11 Å². The van der Waals surface area contributed by atoms with Crippen LogP contribution in [0, 0.1) is 0 Å². The number of β-amino-alcohol motifs (C(OH)–C–C–N with tert-alkyl or cyclic N) is 1. The fraction of sp³-hybridized carbons (Fsp3) is 0.500. The first-order valence-electron chi connectivity index (χ1n) is 6.87. The number of carbonyl (C=O) groups is 1. The number of amides is 1. The van der Waals surface area contributed by atoms with Gasteiger partial charge in [0.15, 0.2) is 0 Å². The maximum absolute atomic E-state index is 12.3. The second-order valence-corrected chi connectivity index (χ2v) is 4.93. The summed E-state index contributed by atoms with van der Waals surface area (Å²) in [5, 5.41) is 8.87. The van der Waals surface area contributed by atoms with Gasteiger partial charge in [0.05, 0.1) is 6.61 Å². The van der Waals surface area contributed by atoms with Crippen LogP contribution in [0.4, 0.5) is 13.2 Å². The average Bonchev–Trinajstić information content (AvgIpc) is 2.46. The van der Waals surface area contributed by atoms with Crippen LogP contribution >= 0.6 is 0 Å². The molecule has 0 aliphatic carbocycles. The van der Waals surface area contributed by atoms with Crippen LogP contribution in [0.2, 0.25) is 0 Å². The molecule has 22 heavy (non-hydrogen) atoms. The predicted octanol–water partition coefficient (Wildman–Crippen LogP) is 1.34. The summed E-state index contributed by atoms with van der Waals surface area (Å²) in [4.78, 5) is 15.9. The van der Waals surface area contributed by atoms with Gasteiger partial charge in [-0.15, -0.1) is 13.2 Å². The third-order valence-corrected chi connectivity index (χ3v) is 3.39. The van der Waals surface area contributed by atoms with Gasteiger partial charge in [0.25, 0.3) is 5.91 Å². The van der Waals surface area contributed by atoms with Crippen LogP contribution < -0.4 is 4.74 Å². The summed E-state index contributed by atoms with van der Waals surface area (Å²) in [6.45, 7) is 2.82. The maximum Gasteiger partial charge on any atom is 0.573 e. The number of hydrogen-bond donors (Lipinski definition) is 1. The second kappa shape index (κ2) is 6.97. The lowest BCUT2D eigenvalue weighted by Crippen LogP contribution is -2.49. The molecule has 0 spiro atoms. The molecule has 1 aromatic rings. The molecule has 1 saturated heterocycles. The van der Waals surface area contributed by atoms with E-state index in [2.05, 4.69) is 4.74 Å². The number of benzene rings is 1. The van der Waals surface area contributed by atoms with E-state index in [0.717, 1.165) is 12.1 Å². The van der Waals surface area contributed by atoms with Crippen LogP contribution in [0.1, 0.15) is 10.4 Å². The normalized spacial score (nSPS) is 16.6. The van der Waals surface area contributed by atoms with Crippen LogP contribution in [0.15, 0.2) is 24.3 Å². The number of aliphatic hydroxyl groups excluding tert-OH is 1. The molecule has 1 N–H and O–H groups in total. The Morgan fingerprint density at radius 2 is 1.91 bits per heavy atom. The van der Waals surface area contributed by atoms with Gasteiger partial charge in [-0.3, -0.25) is 9.69 Å². The highest BCUT2D eigenvalue weighted by molar-refractivity contribution is 5.94. The molecule has 0 saturated carbocycles. The molecule has 0 unspecified atom stereocenters. The summed E-state index contributed by atoms with van der Waals surface area (Å²) in [6.07, 6.45) is -4.78. The number of alkyl halides is 3. The summed E-state index contributed by atoms with van der Waals surface area (Å²) in [7, 11) is 0. The largest absolute Gasteiger partial charge is 0.573 e. The summed E-state index contributed by atoms with van der Waals surface area (Å²) in [5.74, 6) is -0.728. The number of halogens is 3. The van der Waals surface area contributed by atoms with Gasteiger partial charge in [-0.2, -0.15) is 0 Å². The summed E-state index contributed by atoms with van der Waals surface area (Å²) in [5.41, 5.74) is 0.164. The fourth-order valence-corrected chi connectivity index (χ4v) is 2.32. The topological polar surface area (TPSA) is 53.0 Å². The van der Waals surface area contributed by atoms with E-state index in [1.54, 1.807) is 4.90 Å². The predicted molar refractivity (Wildman–Crippen MR) is 72.6 cm³/mol. The minimum absolute atomic E-state index is 0.0603. The second-order valence-electron chi connectivity index (χ2n) is 4.93. The van der Waals surface area contributed by atoms with Crippen LogP contribution in [-0.4, -0.2) is 66.5 Å². The third-order valence-electron chi connectivity index (χ3n) is 3.39. The van der Waals surface area contributed by atoms with Gasteiger partial charge in [-0.1, -0.05) is 6.07 Å². The molecule has 1 aliphatic rings. The minimum atomic E-state index is -4.78. The molecular weight excluding hydrogens is 301 g/mol. The van der Waals surface area contributed by atoms with Crippen molar-refractivity contribution in [3.05, 3.63) is 29.8 Å². The molecule has 0 atom stereocenters. The first-order chi connectivity index (χ1) is 10.4. The Hall–Kier alpha value is -1.80. The SMILES string of the molecule is O=C(c1cccc(OC(F)(F)F)c1)N1CCN(CCO)CC1. The zero-order valence-electron chi connectivity index (χ0n) is 11.8. The molecule has 1 fully saturated rings. The van der Waals surface area contributed by atoms with Crippen molar-refractivity contribution in [2.45, 2.75) is 6.36 Å². The van der Waals surface area contributed by atoms with Gasteiger partial charge in [0.2, 0.25) is 0 Å². The van der Waals surface area contributed by atoms with Crippen molar-refractivity contribution in [2.75, 3.05) is 39.3 Å². The van der Waals surface area contributed by atoms with Gasteiger partial charge in [-0.25, -0.2) is 0 Å². The Morgan fingerprint density at radius 3 is 2.50 bits per heavy atom. The summed E-state index contributed by atoms with van der Waals surface area (Å²) >= 11 is 0. The molecule has 1 heterocycles.